The normalized spacial score (nSPS) is 13.1. The Bertz CT molecular complexity index is 263. The van der Waals surface area contributed by atoms with Crippen molar-refractivity contribution in [1.29, 1.82) is 5.26 Å². The van der Waals surface area contributed by atoms with Crippen LogP contribution in [0, 0.1) is 11.3 Å². The summed E-state index contributed by atoms with van der Waals surface area (Å²) < 4.78 is 10.3. The predicted molar refractivity (Wildman–Crippen MR) is 59.9 cm³/mol. The van der Waals surface area contributed by atoms with Crippen LogP contribution in [0.1, 0.15) is 34.6 Å². The van der Waals surface area contributed by atoms with Crippen molar-refractivity contribution in [3.63, 3.8) is 0 Å². The molecule has 0 bridgehead atoms. The van der Waals surface area contributed by atoms with Gasteiger partial charge < -0.3 is 14.8 Å². The SMILES string of the molecule is CC(C)OCC(C#N)NC(=O)OC(C)(C)C. The Hall–Kier alpha value is -1.28. The highest BCUT2D eigenvalue weighted by molar-refractivity contribution is 5.68. The molecule has 1 amide bonds. The monoisotopic (exact) mass is 228 g/mol. The fourth-order valence-corrected chi connectivity index (χ4v) is 0.850. The molecule has 0 heterocycles. The number of ether oxygens (including phenoxy) is 2. The Morgan fingerprint density at radius 3 is 2.38 bits per heavy atom. The Morgan fingerprint density at radius 2 is 2.00 bits per heavy atom. The van der Waals surface area contributed by atoms with Gasteiger partial charge in [-0.3, -0.25) is 0 Å². The van der Waals surface area contributed by atoms with Crippen molar-refractivity contribution in [2.45, 2.75) is 52.4 Å². The quantitative estimate of drug-likeness (QED) is 0.796. The van der Waals surface area contributed by atoms with Crippen LogP contribution in [0.5, 0.6) is 0 Å². The Balaban J connectivity index is 4.04. The van der Waals surface area contributed by atoms with Crippen LogP contribution in [0.2, 0.25) is 0 Å². The third-order valence-corrected chi connectivity index (χ3v) is 1.44. The highest BCUT2D eigenvalue weighted by Gasteiger charge is 2.19. The first-order valence-corrected chi connectivity index (χ1v) is 5.25. The molecule has 0 aliphatic carbocycles. The summed E-state index contributed by atoms with van der Waals surface area (Å²) >= 11 is 0. The average molecular weight is 228 g/mol. The van der Waals surface area contributed by atoms with Crippen LogP contribution in [0.4, 0.5) is 4.79 Å². The first-order chi connectivity index (χ1) is 7.24. The first kappa shape index (κ1) is 14.7. The number of nitrogens with one attached hydrogen (secondary N) is 1. The molecule has 5 nitrogen and oxygen atoms in total. The Kier molecular flexibility index (Phi) is 5.83. The summed E-state index contributed by atoms with van der Waals surface area (Å²) in [6.07, 6.45) is -0.581. The standard InChI is InChI=1S/C11H20N2O3/c1-8(2)15-7-9(6-12)13-10(14)16-11(3,4)5/h8-9H,7H2,1-5H3,(H,13,14). The van der Waals surface area contributed by atoms with E-state index in [9.17, 15) is 4.79 Å². The third kappa shape index (κ3) is 8.06. The predicted octanol–water partition coefficient (Wildman–Crippen LogP) is 1.83. The van der Waals surface area contributed by atoms with Gasteiger partial charge in [0, 0.05) is 0 Å². The zero-order valence-electron chi connectivity index (χ0n) is 10.5. The van der Waals surface area contributed by atoms with Crippen LogP contribution in [0.15, 0.2) is 0 Å². The topological polar surface area (TPSA) is 71.3 Å². The van der Waals surface area contributed by atoms with Gasteiger partial charge in [0.25, 0.3) is 0 Å². The minimum atomic E-state index is -0.683. The Morgan fingerprint density at radius 1 is 1.44 bits per heavy atom. The summed E-state index contributed by atoms with van der Waals surface area (Å²) in [5.74, 6) is 0. The molecule has 0 saturated heterocycles. The van der Waals surface area contributed by atoms with Gasteiger partial charge in [-0.15, -0.1) is 0 Å². The van der Waals surface area contributed by atoms with E-state index in [0.29, 0.717) is 0 Å². The lowest BCUT2D eigenvalue weighted by Crippen LogP contribution is -2.41. The van der Waals surface area contributed by atoms with Gasteiger partial charge in [-0.25, -0.2) is 4.79 Å². The van der Waals surface area contributed by atoms with Gasteiger partial charge in [-0.2, -0.15) is 5.26 Å². The number of rotatable bonds is 4. The molecule has 1 atom stereocenters. The maximum absolute atomic E-state index is 11.3. The van der Waals surface area contributed by atoms with Crippen LogP contribution in [-0.4, -0.2) is 30.4 Å². The molecule has 1 N–H and O–H groups in total. The summed E-state index contributed by atoms with van der Waals surface area (Å²) in [6.45, 7) is 9.17. The molecule has 5 heteroatoms. The number of nitrogens with zero attached hydrogens (tertiary/aromatic N) is 1. The highest BCUT2D eigenvalue weighted by Crippen LogP contribution is 2.06. The minimum Gasteiger partial charge on any atom is -0.444 e. The van der Waals surface area contributed by atoms with Gasteiger partial charge in [0.05, 0.1) is 18.8 Å². The van der Waals surface area contributed by atoms with Gasteiger partial charge in [0.1, 0.15) is 11.6 Å². The van der Waals surface area contributed by atoms with Crippen molar-refractivity contribution in [3.8, 4) is 6.07 Å². The van der Waals surface area contributed by atoms with Crippen molar-refractivity contribution in [3.05, 3.63) is 0 Å². The van der Waals surface area contributed by atoms with Gasteiger partial charge in [-0.1, -0.05) is 0 Å². The lowest BCUT2D eigenvalue weighted by Gasteiger charge is -2.21. The molecular weight excluding hydrogens is 208 g/mol. The second kappa shape index (κ2) is 6.33. The number of alkyl carbamates (subject to hydrolysis) is 1. The minimum absolute atomic E-state index is 0.0243. The van der Waals surface area contributed by atoms with Gasteiger partial charge >= 0.3 is 6.09 Å². The number of nitriles is 1. The van der Waals surface area contributed by atoms with Crippen LogP contribution in [0.25, 0.3) is 0 Å². The number of hydrogen-bond donors (Lipinski definition) is 1. The molecule has 92 valence electrons. The molecule has 0 fully saturated rings. The van der Waals surface area contributed by atoms with Crippen molar-refractivity contribution >= 4 is 6.09 Å². The van der Waals surface area contributed by atoms with E-state index in [0.717, 1.165) is 0 Å². The van der Waals surface area contributed by atoms with Crippen molar-refractivity contribution in [2.75, 3.05) is 6.61 Å². The van der Waals surface area contributed by atoms with E-state index in [1.807, 2.05) is 19.9 Å². The second-order valence-corrected chi connectivity index (χ2v) is 4.71. The molecule has 0 aromatic rings. The Labute approximate surface area is 96.7 Å². The van der Waals surface area contributed by atoms with E-state index in [4.69, 9.17) is 14.7 Å². The number of carbonyl (C=O) groups is 1. The fourth-order valence-electron chi connectivity index (χ4n) is 0.850. The maximum atomic E-state index is 11.3. The van der Waals surface area contributed by atoms with Gasteiger partial charge in [0.15, 0.2) is 0 Å². The average Bonchev–Trinajstić information content (AvgIpc) is 2.08. The summed E-state index contributed by atoms with van der Waals surface area (Å²) in [4.78, 5) is 11.3. The lowest BCUT2D eigenvalue weighted by atomic mass is 10.2. The number of amides is 1. The maximum Gasteiger partial charge on any atom is 0.408 e. The molecule has 0 aromatic carbocycles. The van der Waals surface area contributed by atoms with Crippen LogP contribution in [0.3, 0.4) is 0 Å². The van der Waals surface area contributed by atoms with Crippen LogP contribution >= 0.6 is 0 Å². The van der Waals surface area contributed by atoms with Crippen LogP contribution < -0.4 is 5.32 Å². The summed E-state index contributed by atoms with van der Waals surface area (Å²) in [7, 11) is 0. The van der Waals surface area contributed by atoms with Crippen molar-refractivity contribution < 1.29 is 14.3 Å². The molecule has 0 aliphatic heterocycles. The molecule has 1 unspecified atom stereocenters. The number of hydrogen-bond acceptors (Lipinski definition) is 4. The van der Waals surface area contributed by atoms with E-state index in [1.165, 1.54) is 0 Å². The fraction of sp³-hybridized carbons (Fsp3) is 0.818. The summed E-state index contributed by atoms with van der Waals surface area (Å²) in [5, 5.41) is 11.2. The molecule has 0 aliphatic rings. The van der Waals surface area contributed by atoms with E-state index >= 15 is 0 Å². The van der Waals surface area contributed by atoms with E-state index in [1.54, 1.807) is 20.8 Å². The molecule has 0 saturated carbocycles. The van der Waals surface area contributed by atoms with Crippen molar-refractivity contribution in [1.82, 2.24) is 5.32 Å². The molecule has 0 radical (unpaired) electrons. The summed E-state index contributed by atoms with van der Waals surface area (Å²) in [6, 6.07) is 1.25. The number of carbonyl (C=O) groups excluding carboxylic acids is 1. The zero-order chi connectivity index (χ0) is 12.8. The smallest absolute Gasteiger partial charge is 0.408 e. The first-order valence-electron chi connectivity index (χ1n) is 5.25. The molecule has 0 aromatic heterocycles. The van der Waals surface area contributed by atoms with Gasteiger partial charge in [-0.05, 0) is 34.6 Å². The zero-order valence-corrected chi connectivity index (χ0v) is 10.5. The van der Waals surface area contributed by atoms with Crippen LogP contribution in [-0.2, 0) is 9.47 Å². The second-order valence-electron chi connectivity index (χ2n) is 4.71. The molecule has 16 heavy (non-hydrogen) atoms. The molecule has 0 spiro atoms. The largest absolute Gasteiger partial charge is 0.444 e. The van der Waals surface area contributed by atoms with Crippen molar-refractivity contribution in [2.24, 2.45) is 0 Å². The molecule has 0 rings (SSSR count). The summed E-state index contributed by atoms with van der Waals surface area (Å²) in [5.41, 5.74) is -0.566. The van der Waals surface area contributed by atoms with E-state index < -0.39 is 17.7 Å². The van der Waals surface area contributed by atoms with Gasteiger partial charge in [0.2, 0.25) is 0 Å². The lowest BCUT2D eigenvalue weighted by molar-refractivity contribution is 0.0408. The highest BCUT2D eigenvalue weighted by atomic mass is 16.6. The van der Waals surface area contributed by atoms with E-state index in [2.05, 4.69) is 5.32 Å². The van der Waals surface area contributed by atoms with E-state index in [-0.39, 0.29) is 12.7 Å². The third-order valence-electron chi connectivity index (χ3n) is 1.44. The molecular formula is C11H20N2O3.